The Hall–Kier alpha value is -0.670. The molecule has 0 aliphatic carbocycles. The fourth-order valence-corrected chi connectivity index (χ4v) is 2.85. The number of rotatable bonds is 3. The van der Waals surface area contributed by atoms with Crippen molar-refractivity contribution in [2.75, 3.05) is 0 Å². The molecule has 0 aromatic heterocycles. The van der Waals surface area contributed by atoms with Gasteiger partial charge in [0.25, 0.3) is 0 Å². The standard InChI is InChI=1S/C15H12Cl3NS/c1-10(19-15-7-6-13(17)8-14(15)18)20-9-11-2-4-12(16)5-3-11/h2-8H,9H2,1H3. The van der Waals surface area contributed by atoms with Gasteiger partial charge in [-0.1, -0.05) is 46.9 Å². The van der Waals surface area contributed by atoms with E-state index in [0.29, 0.717) is 10.0 Å². The van der Waals surface area contributed by atoms with Crippen molar-refractivity contribution in [3.63, 3.8) is 0 Å². The molecule has 0 bridgehead atoms. The van der Waals surface area contributed by atoms with E-state index in [1.807, 2.05) is 37.3 Å². The Kier molecular flexibility index (Phi) is 5.79. The van der Waals surface area contributed by atoms with E-state index in [0.717, 1.165) is 21.5 Å². The quantitative estimate of drug-likeness (QED) is 0.449. The van der Waals surface area contributed by atoms with Crippen LogP contribution in [0.4, 0.5) is 5.69 Å². The van der Waals surface area contributed by atoms with Gasteiger partial charge < -0.3 is 0 Å². The van der Waals surface area contributed by atoms with E-state index < -0.39 is 0 Å². The lowest BCUT2D eigenvalue weighted by atomic mass is 10.2. The van der Waals surface area contributed by atoms with Crippen molar-refractivity contribution in [2.45, 2.75) is 12.7 Å². The maximum absolute atomic E-state index is 6.09. The SMILES string of the molecule is CC(=Nc1ccc(Cl)cc1Cl)SCc1ccc(Cl)cc1. The van der Waals surface area contributed by atoms with E-state index in [-0.39, 0.29) is 0 Å². The summed E-state index contributed by atoms with van der Waals surface area (Å²) < 4.78 is 0. The van der Waals surface area contributed by atoms with E-state index in [1.165, 1.54) is 5.56 Å². The van der Waals surface area contributed by atoms with Crippen LogP contribution in [-0.4, -0.2) is 5.04 Å². The van der Waals surface area contributed by atoms with Gasteiger partial charge in [0.05, 0.1) is 15.8 Å². The molecule has 0 radical (unpaired) electrons. The molecule has 0 aliphatic rings. The minimum absolute atomic E-state index is 0.559. The van der Waals surface area contributed by atoms with Crippen LogP contribution >= 0.6 is 46.6 Å². The van der Waals surface area contributed by atoms with Gasteiger partial charge in [-0.2, -0.15) is 0 Å². The van der Waals surface area contributed by atoms with Crippen LogP contribution in [0.15, 0.2) is 47.5 Å². The molecule has 0 aliphatic heterocycles. The fourth-order valence-electron chi connectivity index (χ4n) is 1.54. The Morgan fingerprint density at radius 3 is 2.30 bits per heavy atom. The van der Waals surface area contributed by atoms with Gasteiger partial charge in [-0.25, -0.2) is 4.99 Å². The number of benzene rings is 2. The summed E-state index contributed by atoms with van der Waals surface area (Å²) in [4.78, 5) is 4.50. The molecular formula is C15H12Cl3NS. The van der Waals surface area contributed by atoms with Gasteiger partial charge in [0, 0.05) is 15.8 Å². The van der Waals surface area contributed by atoms with E-state index in [4.69, 9.17) is 34.8 Å². The van der Waals surface area contributed by atoms with E-state index in [1.54, 1.807) is 23.9 Å². The highest BCUT2D eigenvalue weighted by Crippen LogP contribution is 2.29. The Morgan fingerprint density at radius 2 is 1.65 bits per heavy atom. The highest BCUT2D eigenvalue weighted by atomic mass is 35.5. The zero-order chi connectivity index (χ0) is 14.5. The Labute approximate surface area is 138 Å². The third kappa shape index (κ3) is 4.71. The smallest absolute Gasteiger partial charge is 0.0826 e. The van der Waals surface area contributed by atoms with Crippen molar-refractivity contribution in [1.82, 2.24) is 0 Å². The number of halogens is 3. The molecule has 1 nitrogen and oxygen atoms in total. The van der Waals surface area contributed by atoms with Crippen LogP contribution in [-0.2, 0) is 5.75 Å². The summed E-state index contributed by atoms with van der Waals surface area (Å²) in [6.07, 6.45) is 0. The summed E-state index contributed by atoms with van der Waals surface area (Å²) in [5.41, 5.74) is 1.94. The van der Waals surface area contributed by atoms with Crippen molar-refractivity contribution < 1.29 is 0 Å². The average molecular weight is 345 g/mol. The van der Waals surface area contributed by atoms with Gasteiger partial charge in [-0.05, 0) is 42.8 Å². The summed E-state index contributed by atoms with van der Waals surface area (Å²) in [6.45, 7) is 1.96. The van der Waals surface area contributed by atoms with Crippen LogP contribution in [0.3, 0.4) is 0 Å². The van der Waals surface area contributed by atoms with Crippen molar-refractivity contribution >= 4 is 57.3 Å². The summed E-state index contributed by atoms with van der Waals surface area (Å²) in [5, 5.41) is 2.87. The molecule has 104 valence electrons. The number of aliphatic imine (C=N–C) groups is 1. The first-order valence-corrected chi connectivity index (χ1v) is 8.04. The van der Waals surface area contributed by atoms with Gasteiger partial charge in [0.1, 0.15) is 0 Å². The van der Waals surface area contributed by atoms with Gasteiger partial charge in [-0.15, -0.1) is 11.8 Å². The lowest BCUT2D eigenvalue weighted by Crippen LogP contribution is -1.87. The Bertz CT molecular complexity index is 624. The molecule has 0 saturated carbocycles. The second-order valence-corrected chi connectivity index (χ2v) is 6.59. The van der Waals surface area contributed by atoms with Gasteiger partial charge in [0.15, 0.2) is 0 Å². The molecule has 0 heterocycles. The summed E-state index contributed by atoms with van der Waals surface area (Å²) in [7, 11) is 0. The summed E-state index contributed by atoms with van der Waals surface area (Å²) in [5.74, 6) is 0.845. The van der Waals surface area contributed by atoms with Crippen LogP contribution < -0.4 is 0 Å². The lowest BCUT2D eigenvalue weighted by molar-refractivity contribution is 1.42. The Balaban J connectivity index is 2.02. The number of hydrogen-bond donors (Lipinski definition) is 0. The highest BCUT2D eigenvalue weighted by Gasteiger charge is 2.02. The molecule has 0 atom stereocenters. The minimum Gasteiger partial charge on any atom is -0.245 e. The molecular weight excluding hydrogens is 333 g/mol. The van der Waals surface area contributed by atoms with Gasteiger partial charge in [-0.3, -0.25) is 0 Å². The van der Waals surface area contributed by atoms with E-state index >= 15 is 0 Å². The van der Waals surface area contributed by atoms with Crippen LogP contribution in [0.1, 0.15) is 12.5 Å². The van der Waals surface area contributed by atoms with Crippen LogP contribution in [0.25, 0.3) is 0 Å². The number of thioether (sulfide) groups is 1. The molecule has 2 aromatic rings. The largest absolute Gasteiger partial charge is 0.245 e. The van der Waals surface area contributed by atoms with Gasteiger partial charge in [0.2, 0.25) is 0 Å². The Morgan fingerprint density at radius 1 is 1.00 bits per heavy atom. The molecule has 0 fully saturated rings. The van der Waals surface area contributed by atoms with Crippen molar-refractivity contribution in [1.29, 1.82) is 0 Å². The first-order chi connectivity index (χ1) is 9.54. The van der Waals surface area contributed by atoms with E-state index in [2.05, 4.69) is 4.99 Å². The second-order valence-electron chi connectivity index (χ2n) is 4.14. The zero-order valence-corrected chi connectivity index (χ0v) is 13.8. The molecule has 2 aromatic carbocycles. The summed E-state index contributed by atoms with van der Waals surface area (Å²) >= 11 is 19.5. The number of nitrogens with zero attached hydrogens (tertiary/aromatic N) is 1. The minimum atomic E-state index is 0.559. The molecule has 0 spiro atoms. The molecule has 20 heavy (non-hydrogen) atoms. The molecule has 5 heteroatoms. The van der Waals surface area contributed by atoms with Crippen LogP contribution in [0.2, 0.25) is 15.1 Å². The normalized spacial score (nSPS) is 11.7. The van der Waals surface area contributed by atoms with Crippen molar-refractivity contribution in [3.05, 3.63) is 63.1 Å². The van der Waals surface area contributed by atoms with Crippen molar-refractivity contribution in [2.24, 2.45) is 4.99 Å². The van der Waals surface area contributed by atoms with Crippen molar-refractivity contribution in [3.8, 4) is 0 Å². The predicted molar refractivity (Wildman–Crippen MR) is 92.0 cm³/mol. The summed E-state index contributed by atoms with van der Waals surface area (Å²) in [6, 6.07) is 13.1. The molecule has 0 unspecified atom stereocenters. The third-order valence-electron chi connectivity index (χ3n) is 2.55. The topological polar surface area (TPSA) is 12.4 Å². The molecule has 0 saturated heterocycles. The maximum Gasteiger partial charge on any atom is 0.0826 e. The first-order valence-electron chi connectivity index (χ1n) is 5.92. The fraction of sp³-hybridized carbons (Fsp3) is 0.133. The number of hydrogen-bond acceptors (Lipinski definition) is 2. The highest BCUT2D eigenvalue weighted by molar-refractivity contribution is 8.13. The van der Waals surface area contributed by atoms with Gasteiger partial charge >= 0.3 is 0 Å². The predicted octanol–water partition coefficient (Wildman–Crippen LogP) is 6.63. The third-order valence-corrected chi connectivity index (χ3v) is 4.33. The van der Waals surface area contributed by atoms with E-state index in [9.17, 15) is 0 Å². The zero-order valence-electron chi connectivity index (χ0n) is 10.7. The lowest BCUT2D eigenvalue weighted by Gasteiger charge is -2.03. The van der Waals surface area contributed by atoms with Crippen LogP contribution in [0, 0.1) is 0 Å². The average Bonchev–Trinajstić information content (AvgIpc) is 2.41. The molecule has 0 N–H and O–H groups in total. The second kappa shape index (κ2) is 7.37. The van der Waals surface area contributed by atoms with Crippen LogP contribution in [0.5, 0.6) is 0 Å². The monoisotopic (exact) mass is 343 g/mol. The molecule has 0 amide bonds. The maximum atomic E-state index is 6.09. The first kappa shape index (κ1) is 15.7. The molecule has 2 rings (SSSR count).